The number of amides is 2. The Hall–Kier alpha value is -2.01. The number of nitrogens with one attached hydrogen (secondary N) is 1. The number of fused-ring (bicyclic) bond motifs is 1. The maximum atomic E-state index is 11.9. The van der Waals surface area contributed by atoms with Crippen LogP contribution in [0.2, 0.25) is 5.02 Å². The van der Waals surface area contributed by atoms with Crippen LogP contribution >= 0.6 is 11.6 Å². The van der Waals surface area contributed by atoms with E-state index in [0.717, 1.165) is 10.9 Å². The second kappa shape index (κ2) is 4.70. The standard InChI is InChI=1S/C12H12ClN3O2/c1-16-9-3-2-8(13)4-7(9)5-10(16)12(18)15-6-11(14)17/h2-5H,6H2,1H3,(H2,14,17)(H,15,18). The number of hydrogen-bond donors (Lipinski definition) is 2. The van der Waals surface area contributed by atoms with Gasteiger partial charge in [-0.2, -0.15) is 0 Å². The molecule has 0 radical (unpaired) electrons. The average Bonchev–Trinajstić information content (AvgIpc) is 2.63. The molecule has 2 aromatic rings. The van der Waals surface area contributed by atoms with Gasteiger partial charge in [0.2, 0.25) is 5.91 Å². The van der Waals surface area contributed by atoms with Crippen LogP contribution < -0.4 is 11.1 Å². The molecule has 0 unspecified atom stereocenters. The Morgan fingerprint density at radius 3 is 2.78 bits per heavy atom. The molecule has 94 valence electrons. The highest BCUT2D eigenvalue weighted by molar-refractivity contribution is 6.31. The first-order valence-electron chi connectivity index (χ1n) is 5.30. The first kappa shape index (κ1) is 12.4. The molecule has 0 fully saturated rings. The summed E-state index contributed by atoms with van der Waals surface area (Å²) in [5.74, 6) is -0.922. The zero-order chi connectivity index (χ0) is 13.3. The molecule has 0 bridgehead atoms. The van der Waals surface area contributed by atoms with E-state index < -0.39 is 5.91 Å². The van der Waals surface area contributed by atoms with Gasteiger partial charge in [0.25, 0.3) is 5.91 Å². The molecular formula is C12H12ClN3O2. The molecule has 1 aromatic heterocycles. The lowest BCUT2D eigenvalue weighted by Crippen LogP contribution is -2.34. The summed E-state index contributed by atoms with van der Waals surface area (Å²) in [5, 5.41) is 3.93. The summed E-state index contributed by atoms with van der Waals surface area (Å²) < 4.78 is 1.74. The Bertz CT molecular complexity index is 634. The summed E-state index contributed by atoms with van der Waals surface area (Å²) in [5.41, 5.74) is 6.32. The van der Waals surface area contributed by atoms with Gasteiger partial charge < -0.3 is 15.6 Å². The van der Waals surface area contributed by atoms with Crippen LogP contribution in [-0.2, 0) is 11.8 Å². The minimum absolute atomic E-state index is 0.179. The number of carbonyl (C=O) groups excluding carboxylic acids is 2. The van der Waals surface area contributed by atoms with E-state index in [-0.39, 0.29) is 12.5 Å². The summed E-state index contributed by atoms with van der Waals surface area (Å²) in [6, 6.07) is 7.09. The maximum Gasteiger partial charge on any atom is 0.268 e. The summed E-state index contributed by atoms with van der Waals surface area (Å²) in [6.45, 7) is -0.179. The second-order valence-corrected chi connectivity index (χ2v) is 4.38. The lowest BCUT2D eigenvalue weighted by atomic mass is 10.2. The molecule has 6 heteroatoms. The number of primary amides is 1. The highest BCUT2D eigenvalue weighted by Crippen LogP contribution is 2.22. The Morgan fingerprint density at radius 1 is 1.39 bits per heavy atom. The predicted octanol–water partition coefficient (Wildman–Crippen LogP) is 1.05. The smallest absolute Gasteiger partial charge is 0.268 e. The van der Waals surface area contributed by atoms with Crippen LogP contribution in [0.15, 0.2) is 24.3 Å². The highest BCUT2D eigenvalue weighted by Gasteiger charge is 2.13. The second-order valence-electron chi connectivity index (χ2n) is 3.94. The predicted molar refractivity (Wildman–Crippen MR) is 69.5 cm³/mol. The van der Waals surface area contributed by atoms with E-state index in [1.165, 1.54) is 0 Å². The number of halogens is 1. The van der Waals surface area contributed by atoms with Crippen molar-refractivity contribution in [2.24, 2.45) is 12.8 Å². The van der Waals surface area contributed by atoms with E-state index in [2.05, 4.69) is 5.32 Å². The van der Waals surface area contributed by atoms with Crippen LogP contribution in [0.3, 0.4) is 0 Å². The Balaban J connectivity index is 2.36. The van der Waals surface area contributed by atoms with Crippen LogP contribution in [0.5, 0.6) is 0 Å². The zero-order valence-electron chi connectivity index (χ0n) is 9.74. The average molecular weight is 266 g/mol. The lowest BCUT2D eigenvalue weighted by molar-refractivity contribution is -0.117. The van der Waals surface area contributed by atoms with Gasteiger partial charge in [-0.3, -0.25) is 9.59 Å². The molecule has 0 saturated heterocycles. The molecule has 2 rings (SSSR count). The van der Waals surface area contributed by atoms with Crippen molar-refractivity contribution in [2.45, 2.75) is 0 Å². The third-order valence-electron chi connectivity index (χ3n) is 2.66. The van der Waals surface area contributed by atoms with Crippen molar-refractivity contribution in [1.29, 1.82) is 0 Å². The first-order chi connectivity index (χ1) is 8.49. The van der Waals surface area contributed by atoms with Crippen molar-refractivity contribution in [1.82, 2.24) is 9.88 Å². The number of nitrogens with zero attached hydrogens (tertiary/aromatic N) is 1. The fourth-order valence-corrected chi connectivity index (χ4v) is 1.98. The van der Waals surface area contributed by atoms with Gasteiger partial charge >= 0.3 is 0 Å². The Kier molecular flexibility index (Phi) is 3.25. The molecule has 3 N–H and O–H groups in total. The fraction of sp³-hybridized carbons (Fsp3) is 0.167. The molecule has 0 atom stereocenters. The van der Waals surface area contributed by atoms with Gasteiger partial charge in [0.15, 0.2) is 0 Å². The number of benzene rings is 1. The first-order valence-corrected chi connectivity index (χ1v) is 5.68. The number of nitrogens with two attached hydrogens (primary N) is 1. The van der Waals surface area contributed by atoms with Crippen molar-refractivity contribution in [3.05, 3.63) is 35.0 Å². The van der Waals surface area contributed by atoms with Gasteiger partial charge in [0.05, 0.1) is 6.54 Å². The van der Waals surface area contributed by atoms with Crippen LogP contribution in [0, 0.1) is 0 Å². The lowest BCUT2D eigenvalue weighted by Gasteiger charge is -2.04. The summed E-state index contributed by atoms with van der Waals surface area (Å²) in [6.07, 6.45) is 0. The fourth-order valence-electron chi connectivity index (χ4n) is 1.80. The molecular weight excluding hydrogens is 254 g/mol. The molecule has 0 aliphatic carbocycles. The van der Waals surface area contributed by atoms with Crippen LogP contribution in [0.1, 0.15) is 10.5 Å². The zero-order valence-corrected chi connectivity index (χ0v) is 10.5. The molecule has 0 aliphatic heterocycles. The van der Waals surface area contributed by atoms with Crippen molar-refractivity contribution >= 4 is 34.3 Å². The van der Waals surface area contributed by atoms with Gasteiger partial charge in [0.1, 0.15) is 5.69 Å². The maximum absolute atomic E-state index is 11.9. The van der Waals surface area contributed by atoms with Crippen molar-refractivity contribution < 1.29 is 9.59 Å². The van der Waals surface area contributed by atoms with E-state index in [9.17, 15) is 9.59 Å². The largest absolute Gasteiger partial charge is 0.368 e. The quantitative estimate of drug-likeness (QED) is 0.870. The SMILES string of the molecule is Cn1c(C(=O)NCC(N)=O)cc2cc(Cl)ccc21. The minimum Gasteiger partial charge on any atom is -0.368 e. The molecule has 2 amide bonds. The van der Waals surface area contributed by atoms with E-state index in [4.69, 9.17) is 17.3 Å². The van der Waals surface area contributed by atoms with Crippen molar-refractivity contribution in [3.63, 3.8) is 0 Å². The van der Waals surface area contributed by atoms with Crippen molar-refractivity contribution in [2.75, 3.05) is 6.54 Å². The third kappa shape index (κ3) is 2.31. The molecule has 1 heterocycles. The number of rotatable bonds is 3. The van der Waals surface area contributed by atoms with Gasteiger partial charge in [0, 0.05) is 23.0 Å². The van der Waals surface area contributed by atoms with Crippen molar-refractivity contribution in [3.8, 4) is 0 Å². The van der Waals surface area contributed by atoms with Gasteiger partial charge in [-0.05, 0) is 24.3 Å². The monoisotopic (exact) mass is 265 g/mol. The van der Waals surface area contributed by atoms with E-state index in [0.29, 0.717) is 10.7 Å². The van der Waals surface area contributed by atoms with E-state index >= 15 is 0 Å². The number of aromatic nitrogens is 1. The Morgan fingerprint density at radius 2 is 2.11 bits per heavy atom. The van der Waals surface area contributed by atoms with Gasteiger partial charge in [-0.15, -0.1) is 0 Å². The summed E-state index contributed by atoms with van der Waals surface area (Å²) in [7, 11) is 1.77. The summed E-state index contributed by atoms with van der Waals surface area (Å²) in [4.78, 5) is 22.5. The minimum atomic E-state index is -0.579. The van der Waals surface area contributed by atoms with Crippen LogP contribution in [0.25, 0.3) is 10.9 Å². The number of carbonyl (C=O) groups is 2. The molecule has 0 spiro atoms. The number of aryl methyl sites for hydroxylation is 1. The molecule has 0 aliphatic rings. The summed E-state index contributed by atoms with van der Waals surface area (Å²) >= 11 is 5.89. The highest BCUT2D eigenvalue weighted by atomic mass is 35.5. The van der Waals surface area contributed by atoms with Crippen LogP contribution in [-0.4, -0.2) is 22.9 Å². The molecule has 18 heavy (non-hydrogen) atoms. The third-order valence-corrected chi connectivity index (χ3v) is 2.90. The normalized spacial score (nSPS) is 10.6. The van der Waals surface area contributed by atoms with Gasteiger partial charge in [-0.1, -0.05) is 11.6 Å². The topological polar surface area (TPSA) is 77.1 Å². The molecule has 1 aromatic carbocycles. The Labute approximate surface area is 109 Å². The molecule has 5 nitrogen and oxygen atoms in total. The molecule has 0 saturated carbocycles. The number of hydrogen-bond acceptors (Lipinski definition) is 2. The van der Waals surface area contributed by atoms with Crippen LogP contribution in [0.4, 0.5) is 0 Å². The van der Waals surface area contributed by atoms with E-state index in [1.807, 2.05) is 6.07 Å². The van der Waals surface area contributed by atoms with E-state index in [1.54, 1.807) is 29.8 Å². The van der Waals surface area contributed by atoms with Gasteiger partial charge in [-0.25, -0.2) is 0 Å².